The summed E-state index contributed by atoms with van der Waals surface area (Å²) in [5, 5.41) is 10.6. The highest BCUT2D eigenvalue weighted by molar-refractivity contribution is 6.35. The molecular weight excluding hydrogens is 478 g/mol. The van der Waals surface area contributed by atoms with Crippen LogP contribution >= 0.6 is 0 Å². The lowest BCUT2D eigenvalue weighted by Crippen LogP contribution is -2.40. The van der Waals surface area contributed by atoms with Gasteiger partial charge in [-0.1, -0.05) is 74.0 Å². The van der Waals surface area contributed by atoms with E-state index in [-0.39, 0.29) is 24.8 Å². The third-order valence-electron chi connectivity index (χ3n) is 6.90. The SMILES string of the molecule is CCC/C(=C\CNC(=O)C(=O)NCc1ccccc1C(=O)NC1(c2ccc3ccccc3c2)CC1)C(C)=O. The molecule has 1 aliphatic carbocycles. The van der Waals surface area contributed by atoms with E-state index in [4.69, 9.17) is 0 Å². The fourth-order valence-electron chi connectivity index (χ4n) is 4.57. The number of nitrogens with one attached hydrogen (secondary N) is 3. The van der Waals surface area contributed by atoms with E-state index in [1.54, 1.807) is 30.3 Å². The standard InChI is InChI=1S/C31H33N3O4/c1-3-8-22(21(2)35)15-18-32-29(37)30(38)33-20-25-11-6-7-12-27(25)28(36)34-31(16-17-31)26-14-13-23-9-4-5-10-24(23)19-26/h4-7,9-15,19H,3,8,16-18,20H2,1-2H3,(H,32,37)(H,33,38)(H,34,36)/b22-15+. The molecule has 0 spiro atoms. The highest BCUT2D eigenvalue weighted by atomic mass is 16.2. The molecule has 38 heavy (non-hydrogen) atoms. The Morgan fingerprint density at radius 1 is 0.868 bits per heavy atom. The molecule has 7 heteroatoms. The van der Waals surface area contributed by atoms with Crippen molar-refractivity contribution in [1.29, 1.82) is 0 Å². The predicted octanol–water partition coefficient (Wildman–Crippen LogP) is 4.31. The van der Waals surface area contributed by atoms with Crippen LogP contribution in [-0.2, 0) is 26.5 Å². The van der Waals surface area contributed by atoms with Crippen molar-refractivity contribution in [3.8, 4) is 0 Å². The monoisotopic (exact) mass is 511 g/mol. The van der Waals surface area contributed by atoms with Gasteiger partial charge in [0.15, 0.2) is 5.78 Å². The van der Waals surface area contributed by atoms with E-state index in [2.05, 4.69) is 46.3 Å². The van der Waals surface area contributed by atoms with Crippen LogP contribution in [0.25, 0.3) is 10.8 Å². The second-order valence-electron chi connectivity index (χ2n) is 9.68. The predicted molar refractivity (Wildman–Crippen MR) is 147 cm³/mol. The maximum Gasteiger partial charge on any atom is 0.309 e. The molecule has 0 bridgehead atoms. The molecule has 4 rings (SSSR count). The van der Waals surface area contributed by atoms with Gasteiger partial charge in [-0.05, 0) is 65.8 Å². The van der Waals surface area contributed by atoms with Crippen molar-refractivity contribution in [2.24, 2.45) is 0 Å². The number of benzene rings is 3. The van der Waals surface area contributed by atoms with E-state index < -0.39 is 17.4 Å². The zero-order valence-corrected chi connectivity index (χ0v) is 21.8. The smallest absolute Gasteiger partial charge is 0.309 e. The summed E-state index contributed by atoms with van der Waals surface area (Å²) in [7, 11) is 0. The fourth-order valence-corrected chi connectivity index (χ4v) is 4.57. The number of Topliss-reactive ketones (excluding diaryl/α,β-unsaturated/α-hetero) is 1. The molecular formula is C31H33N3O4. The van der Waals surface area contributed by atoms with Crippen molar-refractivity contribution < 1.29 is 19.2 Å². The number of hydrogen-bond donors (Lipinski definition) is 3. The number of allylic oxidation sites excluding steroid dienone is 1. The number of amides is 3. The van der Waals surface area contributed by atoms with Gasteiger partial charge in [-0.2, -0.15) is 0 Å². The van der Waals surface area contributed by atoms with Gasteiger partial charge < -0.3 is 16.0 Å². The number of hydrogen-bond acceptors (Lipinski definition) is 4. The van der Waals surface area contributed by atoms with Crippen LogP contribution in [0, 0.1) is 0 Å². The first-order valence-corrected chi connectivity index (χ1v) is 13.0. The zero-order valence-electron chi connectivity index (χ0n) is 21.8. The Kier molecular flexibility index (Phi) is 8.36. The first kappa shape index (κ1) is 26.8. The minimum absolute atomic E-state index is 0.0309. The van der Waals surface area contributed by atoms with Crippen molar-refractivity contribution in [3.63, 3.8) is 0 Å². The van der Waals surface area contributed by atoms with Crippen molar-refractivity contribution in [3.05, 3.63) is 95.1 Å². The Morgan fingerprint density at radius 2 is 1.55 bits per heavy atom. The van der Waals surface area contributed by atoms with Crippen LogP contribution in [0.15, 0.2) is 78.4 Å². The van der Waals surface area contributed by atoms with E-state index >= 15 is 0 Å². The fraction of sp³-hybridized carbons (Fsp3) is 0.290. The van der Waals surface area contributed by atoms with Gasteiger partial charge in [0, 0.05) is 18.7 Å². The zero-order chi connectivity index (χ0) is 27.1. The lowest BCUT2D eigenvalue weighted by molar-refractivity contribution is -0.139. The highest BCUT2D eigenvalue weighted by Gasteiger charge is 2.46. The van der Waals surface area contributed by atoms with Gasteiger partial charge in [-0.15, -0.1) is 0 Å². The molecule has 1 aliphatic rings. The average molecular weight is 512 g/mol. The molecule has 1 saturated carbocycles. The van der Waals surface area contributed by atoms with E-state index in [1.807, 2.05) is 19.1 Å². The van der Waals surface area contributed by atoms with Crippen LogP contribution in [0.1, 0.15) is 61.0 Å². The first-order valence-electron chi connectivity index (χ1n) is 13.0. The molecule has 0 aromatic heterocycles. The Hall–Kier alpha value is -4.26. The summed E-state index contributed by atoms with van der Waals surface area (Å²) < 4.78 is 0. The van der Waals surface area contributed by atoms with Gasteiger partial charge in [0.05, 0.1) is 5.54 Å². The molecule has 0 unspecified atom stereocenters. The molecule has 0 radical (unpaired) electrons. The van der Waals surface area contributed by atoms with Crippen LogP contribution in [0.2, 0.25) is 0 Å². The Bertz CT molecular complexity index is 1410. The maximum atomic E-state index is 13.3. The van der Waals surface area contributed by atoms with Crippen molar-refractivity contribution in [2.45, 2.75) is 51.6 Å². The van der Waals surface area contributed by atoms with Gasteiger partial charge in [-0.25, -0.2) is 0 Å². The largest absolute Gasteiger partial charge is 0.344 e. The van der Waals surface area contributed by atoms with Gasteiger partial charge in [0.25, 0.3) is 5.91 Å². The minimum Gasteiger partial charge on any atom is -0.344 e. The molecule has 0 saturated heterocycles. The molecule has 1 fully saturated rings. The molecule has 7 nitrogen and oxygen atoms in total. The van der Waals surface area contributed by atoms with Crippen LogP contribution in [-0.4, -0.2) is 30.0 Å². The Labute approximate surface area is 222 Å². The lowest BCUT2D eigenvalue weighted by Gasteiger charge is -2.20. The van der Waals surface area contributed by atoms with Gasteiger partial charge >= 0.3 is 11.8 Å². The van der Waals surface area contributed by atoms with Crippen LogP contribution in [0.3, 0.4) is 0 Å². The molecule has 3 amide bonds. The highest BCUT2D eigenvalue weighted by Crippen LogP contribution is 2.46. The summed E-state index contributed by atoms with van der Waals surface area (Å²) in [5.74, 6) is -1.86. The van der Waals surface area contributed by atoms with Crippen LogP contribution < -0.4 is 16.0 Å². The second-order valence-corrected chi connectivity index (χ2v) is 9.68. The normalized spacial score (nSPS) is 14.0. The van der Waals surface area contributed by atoms with E-state index in [1.165, 1.54) is 6.92 Å². The maximum absolute atomic E-state index is 13.3. The Balaban J connectivity index is 1.37. The summed E-state index contributed by atoms with van der Waals surface area (Å²) in [4.78, 5) is 49.5. The number of ketones is 1. The van der Waals surface area contributed by atoms with E-state index in [9.17, 15) is 19.2 Å². The number of rotatable bonds is 10. The minimum atomic E-state index is -0.802. The lowest BCUT2D eigenvalue weighted by atomic mass is 9.99. The van der Waals surface area contributed by atoms with Crippen LogP contribution in [0.5, 0.6) is 0 Å². The van der Waals surface area contributed by atoms with Gasteiger partial charge in [0.1, 0.15) is 0 Å². The Morgan fingerprint density at radius 3 is 2.26 bits per heavy atom. The van der Waals surface area contributed by atoms with Crippen molar-refractivity contribution >= 4 is 34.3 Å². The molecule has 0 aliphatic heterocycles. The summed E-state index contributed by atoms with van der Waals surface area (Å²) >= 11 is 0. The molecule has 196 valence electrons. The number of fused-ring (bicyclic) bond motifs is 1. The first-order chi connectivity index (χ1) is 18.3. The van der Waals surface area contributed by atoms with Gasteiger partial charge in [-0.3, -0.25) is 19.2 Å². The molecule has 3 aromatic carbocycles. The van der Waals surface area contributed by atoms with Crippen LogP contribution in [0.4, 0.5) is 0 Å². The average Bonchev–Trinajstić information content (AvgIpc) is 3.71. The third kappa shape index (κ3) is 6.35. The summed E-state index contributed by atoms with van der Waals surface area (Å²) in [6.07, 6.45) is 4.79. The number of carbonyl (C=O) groups is 4. The van der Waals surface area contributed by atoms with Gasteiger partial charge in [0.2, 0.25) is 0 Å². The second kappa shape index (κ2) is 11.9. The van der Waals surface area contributed by atoms with E-state index in [0.717, 1.165) is 35.6 Å². The van der Waals surface area contributed by atoms with Crippen molar-refractivity contribution in [2.75, 3.05) is 6.54 Å². The summed E-state index contributed by atoms with van der Waals surface area (Å²) in [6, 6.07) is 21.4. The quantitative estimate of drug-likeness (QED) is 0.279. The third-order valence-corrected chi connectivity index (χ3v) is 6.90. The summed E-state index contributed by atoms with van der Waals surface area (Å²) in [6.45, 7) is 3.57. The molecule has 0 atom stereocenters. The van der Waals surface area contributed by atoms with E-state index in [0.29, 0.717) is 23.1 Å². The summed E-state index contributed by atoms with van der Waals surface area (Å²) in [5.41, 5.74) is 2.37. The molecule has 0 heterocycles. The molecule has 3 N–H and O–H groups in total. The van der Waals surface area contributed by atoms with Crippen molar-refractivity contribution in [1.82, 2.24) is 16.0 Å². The number of carbonyl (C=O) groups excluding carboxylic acids is 4. The molecule has 3 aromatic rings. The topological polar surface area (TPSA) is 104 Å².